The van der Waals surface area contributed by atoms with E-state index in [9.17, 15) is 0 Å². The van der Waals surface area contributed by atoms with E-state index in [1.54, 1.807) is 12.4 Å². The first-order chi connectivity index (χ1) is 9.42. The number of aromatic nitrogens is 3. The van der Waals surface area contributed by atoms with Gasteiger partial charge in [0.1, 0.15) is 0 Å². The van der Waals surface area contributed by atoms with Crippen LogP contribution in [-0.2, 0) is 6.54 Å². The van der Waals surface area contributed by atoms with Crippen molar-refractivity contribution in [2.24, 2.45) is 0 Å². The summed E-state index contributed by atoms with van der Waals surface area (Å²) in [5, 5.41) is 10.9. The molecule has 19 heavy (non-hydrogen) atoms. The fourth-order valence-corrected chi connectivity index (χ4v) is 1.77. The lowest BCUT2D eigenvalue weighted by Crippen LogP contribution is -1.99. The normalized spacial score (nSPS) is 10.3. The molecule has 0 spiro atoms. The van der Waals surface area contributed by atoms with E-state index in [1.807, 2.05) is 36.4 Å². The van der Waals surface area contributed by atoms with E-state index in [0.717, 1.165) is 17.8 Å². The average molecular weight is 252 g/mol. The zero-order chi connectivity index (χ0) is 12.9. The minimum atomic E-state index is 0.521. The molecule has 0 bridgehead atoms. The van der Waals surface area contributed by atoms with Gasteiger partial charge < -0.3 is 9.73 Å². The molecule has 2 heterocycles. The molecule has 3 aromatic rings. The number of anilines is 1. The Balaban J connectivity index is 1.74. The molecule has 0 aliphatic heterocycles. The van der Waals surface area contributed by atoms with E-state index in [-0.39, 0.29) is 0 Å². The summed E-state index contributed by atoms with van der Waals surface area (Å²) in [5.74, 6) is 0.521. The molecule has 0 fully saturated rings. The Bertz CT molecular complexity index is 638. The standard InChI is InChI=1S/C14H12N4O/c1-2-12(14-18-17-10-19-14)8-13(3-1)16-9-11-4-6-15-7-5-11/h1-8,10,16H,9H2. The third-order valence-electron chi connectivity index (χ3n) is 2.72. The van der Waals surface area contributed by atoms with Gasteiger partial charge in [-0.05, 0) is 35.9 Å². The molecule has 3 rings (SSSR count). The fraction of sp³-hybridized carbons (Fsp3) is 0.0714. The first kappa shape index (κ1) is 11.4. The Morgan fingerprint density at radius 2 is 2.00 bits per heavy atom. The van der Waals surface area contributed by atoms with Gasteiger partial charge in [-0.15, -0.1) is 10.2 Å². The van der Waals surface area contributed by atoms with Gasteiger partial charge in [0.15, 0.2) is 0 Å². The zero-order valence-electron chi connectivity index (χ0n) is 10.2. The molecule has 0 aliphatic carbocycles. The Labute approximate surface area is 110 Å². The molecular formula is C14H12N4O. The highest BCUT2D eigenvalue weighted by molar-refractivity contribution is 5.60. The molecule has 0 saturated heterocycles. The van der Waals surface area contributed by atoms with Crippen molar-refractivity contribution in [3.63, 3.8) is 0 Å². The van der Waals surface area contributed by atoms with E-state index < -0.39 is 0 Å². The van der Waals surface area contributed by atoms with E-state index in [1.165, 1.54) is 12.0 Å². The van der Waals surface area contributed by atoms with Crippen molar-refractivity contribution in [2.75, 3.05) is 5.32 Å². The molecular weight excluding hydrogens is 240 g/mol. The lowest BCUT2D eigenvalue weighted by Gasteiger charge is -2.07. The minimum Gasteiger partial charge on any atom is -0.423 e. The molecule has 1 aromatic carbocycles. The minimum absolute atomic E-state index is 0.521. The van der Waals surface area contributed by atoms with Gasteiger partial charge >= 0.3 is 0 Å². The second-order valence-electron chi connectivity index (χ2n) is 4.03. The second-order valence-corrected chi connectivity index (χ2v) is 4.03. The molecule has 2 aromatic heterocycles. The monoisotopic (exact) mass is 252 g/mol. The Morgan fingerprint density at radius 1 is 1.11 bits per heavy atom. The average Bonchev–Trinajstić information content (AvgIpc) is 3.01. The summed E-state index contributed by atoms with van der Waals surface area (Å²) in [6.45, 7) is 0.746. The number of rotatable bonds is 4. The van der Waals surface area contributed by atoms with Crippen LogP contribution < -0.4 is 5.32 Å². The third kappa shape index (κ3) is 2.77. The van der Waals surface area contributed by atoms with Gasteiger partial charge in [0.2, 0.25) is 12.3 Å². The van der Waals surface area contributed by atoms with E-state index >= 15 is 0 Å². The van der Waals surface area contributed by atoms with Crippen molar-refractivity contribution in [1.29, 1.82) is 0 Å². The van der Waals surface area contributed by atoms with Crippen LogP contribution in [0, 0.1) is 0 Å². The number of hydrogen-bond acceptors (Lipinski definition) is 5. The van der Waals surface area contributed by atoms with Crippen molar-refractivity contribution < 1.29 is 4.42 Å². The predicted octanol–water partition coefficient (Wildman–Crippen LogP) is 2.74. The molecule has 0 radical (unpaired) electrons. The number of pyridine rings is 1. The lowest BCUT2D eigenvalue weighted by molar-refractivity contribution is 0.568. The van der Waals surface area contributed by atoms with E-state index in [0.29, 0.717) is 5.89 Å². The quantitative estimate of drug-likeness (QED) is 0.773. The van der Waals surface area contributed by atoms with Crippen molar-refractivity contribution in [1.82, 2.24) is 15.2 Å². The first-order valence-corrected chi connectivity index (χ1v) is 5.91. The van der Waals surface area contributed by atoms with Crippen LogP contribution in [0.1, 0.15) is 5.56 Å². The molecule has 0 aliphatic rings. The SMILES string of the molecule is c1cc(NCc2ccncc2)cc(-c2nnco2)c1. The predicted molar refractivity (Wildman–Crippen MR) is 71.3 cm³/mol. The van der Waals surface area contributed by atoms with Gasteiger partial charge in [-0.1, -0.05) is 6.07 Å². The zero-order valence-corrected chi connectivity index (χ0v) is 10.2. The highest BCUT2D eigenvalue weighted by Gasteiger charge is 2.03. The van der Waals surface area contributed by atoms with Crippen molar-refractivity contribution in [3.05, 3.63) is 60.7 Å². The van der Waals surface area contributed by atoms with Crippen LogP contribution in [0.15, 0.2) is 59.6 Å². The maximum Gasteiger partial charge on any atom is 0.247 e. The fourth-order valence-electron chi connectivity index (χ4n) is 1.77. The Morgan fingerprint density at radius 3 is 2.79 bits per heavy atom. The maximum atomic E-state index is 5.18. The lowest BCUT2D eigenvalue weighted by atomic mass is 10.2. The van der Waals surface area contributed by atoms with Gasteiger partial charge in [0.25, 0.3) is 0 Å². The van der Waals surface area contributed by atoms with Crippen molar-refractivity contribution in [2.45, 2.75) is 6.54 Å². The van der Waals surface area contributed by atoms with Gasteiger partial charge in [0.05, 0.1) is 0 Å². The third-order valence-corrected chi connectivity index (χ3v) is 2.72. The highest BCUT2D eigenvalue weighted by atomic mass is 16.4. The number of nitrogens with one attached hydrogen (secondary N) is 1. The summed E-state index contributed by atoms with van der Waals surface area (Å²) in [4.78, 5) is 3.99. The molecule has 5 nitrogen and oxygen atoms in total. The molecule has 0 saturated carbocycles. The molecule has 94 valence electrons. The molecule has 0 unspecified atom stereocenters. The summed E-state index contributed by atoms with van der Waals surface area (Å²) >= 11 is 0. The molecule has 0 atom stereocenters. The molecule has 1 N–H and O–H groups in total. The highest BCUT2D eigenvalue weighted by Crippen LogP contribution is 2.20. The topological polar surface area (TPSA) is 63.8 Å². The van der Waals surface area contributed by atoms with Crippen molar-refractivity contribution >= 4 is 5.69 Å². The summed E-state index contributed by atoms with van der Waals surface area (Å²) in [6.07, 6.45) is 4.89. The summed E-state index contributed by atoms with van der Waals surface area (Å²) in [7, 11) is 0. The van der Waals surface area contributed by atoms with Gasteiger partial charge in [-0.25, -0.2) is 0 Å². The molecule has 5 heteroatoms. The Kier molecular flexibility index (Phi) is 3.18. The van der Waals surface area contributed by atoms with Gasteiger partial charge in [-0.3, -0.25) is 4.98 Å². The Hall–Kier alpha value is -2.69. The second kappa shape index (κ2) is 5.30. The van der Waals surface area contributed by atoms with E-state index in [2.05, 4.69) is 20.5 Å². The largest absolute Gasteiger partial charge is 0.423 e. The van der Waals surface area contributed by atoms with Gasteiger partial charge in [0, 0.05) is 30.2 Å². The van der Waals surface area contributed by atoms with Crippen LogP contribution in [0.5, 0.6) is 0 Å². The summed E-state index contributed by atoms with van der Waals surface area (Å²) in [6, 6.07) is 11.8. The van der Waals surface area contributed by atoms with Crippen LogP contribution >= 0.6 is 0 Å². The van der Waals surface area contributed by atoms with Crippen LogP contribution in [0.2, 0.25) is 0 Å². The van der Waals surface area contributed by atoms with Crippen LogP contribution in [0.4, 0.5) is 5.69 Å². The first-order valence-electron chi connectivity index (χ1n) is 5.91. The van der Waals surface area contributed by atoms with E-state index in [4.69, 9.17) is 4.42 Å². The summed E-state index contributed by atoms with van der Waals surface area (Å²) in [5.41, 5.74) is 3.09. The molecule has 0 amide bonds. The van der Waals surface area contributed by atoms with Crippen LogP contribution in [0.3, 0.4) is 0 Å². The maximum absolute atomic E-state index is 5.18. The van der Waals surface area contributed by atoms with Crippen molar-refractivity contribution in [3.8, 4) is 11.5 Å². The number of nitrogens with zero attached hydrogens (tertiary/aromatic N) is 3. The van der Waals surface area contributed by atoms with Gasteiger partial charge in [-0.2, -0.15) is 0 Å². The smallest absolute Gasteiger partial charge is 0.247 e. The number of benzene rings is 1. The van der Waals surface area contributed by atoms with Crippen LogP contribution in [-0.4, -0.2) is 15.2 Å². The number of hydrogen-bond donors (Lipinski definition) is 1. The van der Waals surface area contributed by atoms with Crippen LogP contribution in [0.25, 0.3) is 11.5 Å². The summed E-state index contributed by atoms with van der Waals surface area (Å²) < 4.78 is 5.18.